The highest BCUT2D eigenvalue weighted by molar-refractivity contribution is 6.32. The van der Waals surface area contributed by atoms with Crippen LogP contribution in [0.25, 0.3) is 16.8 Å². The van der Waals surface area contributed by atoms with Gasteiger partial charge in [0.2, 0.25) is 5.90 Å². The molecular formula is C29H22ClNO4. The van der Waals surface area contributed by atoms with Gasteiger partial charge in [0.1, 0.15) is 6.61 Å². The van der Waals surface area contributed by atoms with Crippen LogP contribution in [0.5, 0.6) is 11.5 Å². The second-order valence-corrected chi connectivity index (χ2v) is 8.31. The first-order valence-electron chi connectivity index (χ1n) is 11.3. The molecule has 6 heteroatoms. The predicted octanol–water partition coefficient (Wildman–Crippen LogP) is 6.82. The van der Waals surface area contributed by atoms with Crippen LogP contribution in [-0.2, 0) is 16.1 Å². The summed E-state index contributed by atoms with van der Waals surface area (Å²) in [6, 6.07) is 27.0. The summed E-state index contributed by atoms with van der Waals surface area (Å²) in [5.41, 5.74) is 2.61. The van der Waals surface area contributed by atoms with Gasteiger partial charge in [-0.1, -0.05) is 78.3 Å². The highest BCUT2D eigenvalue weighted by atomic mass is 35.5. The normalized spacial score (nSPS) is 14.2. The number of halogens is 1. The zero-order valence-corrected chi connectivity index (χ0v) is 19.8. The second-order valence-electron chi connectivity index (χ2n) is 7.90. The number of cyclic esters (lactones) is 1. The van der Waals surface area contributed by atoms with Gasteiger partial charge in [-0.3, -0.25) is 0 Å². The lowest BCUT2D eigenvalue weighted by Crippen LogP contribution is -2.06. The molecule has 0 bridgehead atoms. The Bertz CT molecular complexity index is 1460. The molecule has 1 aliphatic heterocycles. The first kappa shape index (κ1) is 22.7. The van der Waals surface area contributed by atoms with Crippen molar-refractivity contribution in [3.63, 3.8) is 0 Å². The van der Waals surface area contributed by atoms with Crippen molar-refractivity contribution < 1.29 is 19.0 Å². The molecule has 5 nitrogen and oxygen atoms in total. The van der Waals surface area contributed by atoms with Crippen molar-refractivity contribution in [2.45, 2.75) is 13.5 Å². The highest BCUT2D eigenvalue weighted by Gasteiger charge is 2.25. The van der Waals surface area contributed by atoms with Crippen LogP contribution < -0.4 is 9.47 Å². The van der Waals surface area contributed by atoms with E-state index in [0.717, 1.165) is 21.9 Å². The molecule has 174 valence electrons. The van der Waals surface area contributed by atoms with Crippen molar-refractivity contribution in [1.29, 1.82) is 0 Å². The van der Waals surface area contributed by atoms with Gasteiger partial charge in [-0.15, -0.1) is 0 Å². The van der Waals surface area contributed by atoms with Gasteiger partial charge in [-0.2, -0.15) is 0 Å². The summed E-state index contributed by atoms with van der Waals surface area (Å²) in [4.78, 5) is 17.1. The van der Waals surface area contributed by atoms with Gasteiger partial charge >= 0.3 is 5.97 Å². The lowest BCUT2D eigenvalue weighted by atomic mass is 10.0. The van der Waals surface area contributed by atoms with Crippen molar-refractivity contribution in [3.8, 4) is 11.5 Å². The molecule has 0 saturated carbocycles. The summed E-state index contributed by atoms with van der Waals surface area (Å²) in [6.45, 7) is 2.67. The summed E-state index contributed by atoms with van der Waals surface area (Å²) in [5, 5.41) is 2.38. The van der Waals surface area contributed by atoms with E-state index in [1.54, 1.807) is 18.2 Å². The van der Waals surface area contributed by atoms with Crippen LogP contribution in [0, 0.1) is 0 Å². The third kappa shape index (κ3) is 4.91. The number of carbonyl (C=O) groups excluding carboxylic acids is 1. The molecule has 0 N–H and O–H groups in total. The number of hydrogen-bond acceptors (Lipinski definition) is 5. The lowest BCUT2D eigenvalue weighted by Gasteiger charge is -2.14. The van der Waals surface area contributed by atoms with E-state index in [9.17, 15) is 4.79 Å². The fourth-order valence-electron chi connectivity index (χ4n) is 3.90. The molecule has 0 aliphatic carbocycles. The van der Waals surface area contributed by atoms with Crippen LogP contribution in [0.2, 0.25) is 5.02 Å². The summed E-state index contributed by atoms with van der Waals surface area (Å²) in [7, 11) is 0. The molecule has 0 unspecified atom stereocenters. The van der Waals surface area contributed by atoms with Gasteiger partial charge in [0, 0.05) is 5.56 Å². The van der Waals surface area contributed by atoms with E-state index in [0.29, 0.717) is 35.3 Å². The summed E-state index contributed by atoms with van der Waals surface area (Å²) < 4.78 is 17.3. The van der Waals surface area contributed by atoms with Gasteiger partial charge in [0.15, 0.2) is 17.2 Å². The Morgan fingerprint density at radius 2 is 1.71 bits per heavy atom. The van der Waals surface area contributed by atoms with Crippen LogP contribution in [0.1, 0.15) is 23.6 Å². The second kappa shape index (κ2) is 10.0. The summed E-state index contributed by atoms with van der Waals surface area (Å²) >= 11 is 6.56. The number of fused-ring (bicyclic) bond motifs is 1. The van der Waals surface area contributed by atoms with Crippen molar-refractivity contribution >= 4 is 40.3 Å². The van der Waals surface area contributed by atoms with E-state index in [2.05, 4.69) is 4.99 Å². The van der Waals surface area contributed by atoms with E-state index >= 15 is 0 Å². The zero-order chi connectivity index (χ0) is 24.2. The number of rotatable bonds is 7. The Morgan fingerprint density at radius 1 is 0.943 bits per heavy atom. The van der Waals surface area contributed by atoms with E-state index in [1.807, 2.05) is 79.7 Å². The average Bonchev–Trinajstić information content (AvgIpc) is 3.23. The maximum Gasteiger partial charge on any atom is 0.363 e. The average molecular weight is 484 g/mol. The van der Waals surface area contributed by atoms with Gasteiger partial charge in [0.05, 0.1) is 11.6 Å². The van der Waals surface area contributed by atoms with Gasteiger partial charge in [-0.05, 0) is 53.1 Å². The van der Waals surface area contributed by atoms with E-state index < -0.39 is 5.97 Å². The minimum absolute atomic E-state index is 0.185. The molecule has 5 rings (SSSR count). The largest absolute Gasteiger partial charge is 0.490 e. The van der Waals surface area contributed by atoms with Gasteiger partial charge in [-0.25, -0.2) is 9.79 Å². The van der Waals surface area contributed by atoms with Crippen molar-refractivity contribution in [1.82, 2.24) is 0 Å². The molecule has 1 aliphatic rings. The Hall–Kier alpha value is -4.09. The fourth-order valence-corrected chi connectivity index (χ4v) is 4.17. The summed E-state index contributed by atoms with van der Waals surface area (Å²) in [5.74, 6) is 0.698. The highest BCUT2D eigenvalue weighted by Crippen LogP contribution is 2.38. The third-order valence-corrected chi connectivity index (χ3v) is 5.78. The molecule has 0 radical (unpaired) electrons. The van der Waals surface area contributed by atoms with Crippen LogP contribution >= 0.6 is 11.6 Å². The van der Waals surface area contributed by atoms with Crippen molar-refractivity contribution in [3.05, 3.63) is 112 Å². The Kier molecular flexibility index (Phi) is 6.51. The minimum atomic E-state index is -0.522. The maximum absolute atomic E-state index is 12.6. The quantitative estimate of drug-likeness (QED) is 0.214. The molecule has 0 amide bonds. The Morgan fingerprint density at radius 3 is 2.54 bits per heavy atom. The fraction of sp³-hybridized carbons (Fsp3) is 0.103. The molecule has 0 aromatic heterocycles. The first-order valence-corrected chi connectivity index (χ1v) is 11.6. The van der Waals surface area contributed by atoms with Crippen LogP contribution in [0.3, 0.4) is 0 Å². The van der Waals surface area contributed by atoms with E-state index in [1.165, 1.54) is 0 Å². The summed E-state index contributed by atoms with van der Waals surface area (Å²) in [6.07, 6.45) is 1.63. The maximum atomic E-state index is 12.6. The molecule has 0 atom stereocenters. The number of hydrogen-bond donors (Lipinski definition) is 0. The molecule has 4 aromatic carbocycles. The zero-order valence-electron chi connectivity index (χ0n) is 19.0. The van der Waals surface area contributed by atoms with Crippen LogP contribution in [0.15, 0.2) is 95.6 Å². The SMILES string of the molecule is CCOc1cc(/C=C2/N=C(c3cccc4ccccc34)OC2=O)cc(Cl)c1OCc1ccccc1. The molecule has 0 fully saturated rings. The number of ether oxygens (including phenoxy) is 3. The predicted molar refractivity (Wildman–Crippen MR) is 138 cm³/mol. The topological polar surface area (TPSA) is 57.1 Å². The molecule has 35 heavy (non-hydrogen) atoms. The molecule has 4 aromatic rings. The third-order valence-electron chi connectivity index (χ3n) is 5.50. The first-order chi connectivity index (χ1) is 17.1. The smallest absolute Gasteiger partial charge is 0.363 e. The van der Waals surface area contributed by atoms with Crippen molar-refractivity contribution in [2.75, 3.05) is 6.61 Å². The molecule has 0 spiro atoms. The molecule has 0 saturated heterocycles. The lowest BCUT2D eigenvalue weighted by molar-refractivity contribution is -0.129. The number of nitrogens with zero attached hydrogens (tertiary/aromatic N) is 1. The van der Waals surface area contributed by atoms with Crippen LogP contribution in [-0.4, -0.2) is 18.5 Å². The number of aliphatic imine (C=N–C) groups is 1. The van der Waals surface area contributed by atoms with E-state index in [4.69, 9.17) is 25.8 Å². The Balaban J connectivity index is 1.46. The number of benzene rings is 4. The van der Waals surface area contributed by atoms with E-state index in [-0.39, 0.29) is 11.6 Å². The Labute approximate surface area is 208 Å². The van der Waals surface area contributed by atoms with Gasteiger partial charge in [0.25, 0.3) is 0 Å². The number of carbonyl (C=O) groups is 1. The van der Waals surface area contributed by atoms with Gasteiger partial charge < -0.3 is 14.2 Å². The standard InChI is InChI=1S/C29H22ClNO4/c1-2-33-26-17-20(15-24(30)27(26)34-18-19-9-4-3-5-10-19)16-25-29(32)35-28(31-25)23-14-8-12-21-11-6-7-13-22(21)23/h3-17H,2,18H2,1H3/b25-16+. The monoisotopic (exact) mass is 483 g/mol. The minimum Gasteiger partial charge on any atom is -0.490 e. The van der Waals surface area contributed by atoms with Crippen LogP contribution in [0.4, 0.5) is 0 Å². The van der Waals surface area contributed by atoms with Crippen molar-refractivity contribution in [2.24, 2.45) is 4.99 Å². The number of esters is 1. The molecular weight excluding hydrogens is 462 g/mol. The molecule has 1 heterocycles.